The van der Waals surface area contributed by atoms with E-state index in [-0.39, 0.29) is 0 Å². The maximum atomic E-state index is 5.59. The lowest BCUT2D eigenvalue weighted by atomic mass is 10.1. The number of fused-ring (bicyclic) bond motifs is 2. The van der Waals surface area contributed by atoms with Crippen LogP contribution < -0.4 is 21.7 Å². The molecule has 0 aromatic heterocycles. The summed E-state index contributed by atoms with van der Waals surface area (Å²) < 4.78 is 2.28. The lowest BCUT2D eigenvalue weighted by molar-refractivity contribution is 0.609. The molecule has 6 heteroatoms. The minimum absolute atomic E-state index is 0.741. The number of rotatable bonds is 11. The van der Waals surface area contributed by atoms with Gasteiger partial charge in [-0.3, -0.25) is 4.99 Å². The second-order valence-corrected chi connectivity index (χ2v) is 9.10. The van der Waals surface area contributed by atoms with Gasteiger partial charge in [-0.2, -0.15) is 0 Å². The molecule has 2 aliphatic rings. The molecular formula is C31H34N6. The molecular weight excluding hydrogens is 456 g/mol. The van der Waals surface area contributed by atoms with Crippen LogP contribution >= 0.6 is 0 Å². The number of hydrogen-bond acceptors (Lipinski definition) is 5. The van der Waals surface area contributed by atoms with Crippen LogP contribution in [-0.2, 0) is 0 Å². The number of nitrogens with two attached hydrogens (primary N) is 1. The monoisotopic (exact) mass is 490 g/mol. The summed E-state index contributed by atoms with van der Waals surface area (Å²) in [7, 11) is 0. The Morgan fingerprint density at radius 2 is 1.51 bits per heavy atom. The van der Waals surface area contributed by atoms with Crippen LogP contribution in [0.2, 0.25) is 0 Å². The van der Waals surface area contributed by atoms with Crippen molar-refractivity contribution >= 4 is 22.4 Å². The first kappa shape index (κ1) is 24.7. The van der Waals surface area contributed by atoms with E-state index in [1.165, 1.54) is 0 Å². The number of benzene rings is 4. The predicted molar refractivity (Wildman–Crippen MR) is 154 cm³/mol. The minimum atomic E-state index is 0.741. The molecule has 0 saturated carbocycles. The Morgan fingerprint density at radius 3 is 2.32 bits per heavy atom. The minimum Gasteiger partial charge on any atom is -0.354 e. The molecule has 0 amide bonds. The fourth-order valence-electron chi connectivity index (χ4n) is 4.53. The highest BCUT2D eigenvalue weighted by molar-refractivity contribution is 5.84. The molecule has 1 aliphatic carbocycles. The van der Waals surface area contributed by atoms with Crippen LogP contribution in [-0.4, -0.2) is 35.7 Å². The van der Waals surface area contributed by atoms with Crippen molar-refractivity contribution in [3.05, 3.63) is 102 Å². The van der Waals surface area contributed by atoms with E-state index in [0.717, 1.165) is 90.3 Å². The lowest BCUT2D eigenvalue weighted by Crippen LogP contribution is -2.19. The summed E-state index contributed by atoms with van der Waals surface area (Å²) in [5.41, 5.74) is 12.6. The predicted octanol–water partition coefficient (Wildman–Crippen LogP) is 5.49. The molecule has 0 saturated heterocycles. The normalized spacial score (nSPS) is 11.9. The average molecular weight is 491 g/mol. The zero-order valence-corrected chi connectivity index (χ0v) is 21.1. The van der Waals surface area contributed by atoms with Crippen molar-refractivity contribution in [2.75, 3.05) is 31.5 Å². The zero-order chi connectivity index (χ0) is 25.3. The van der Waals surface area contributed by atoms with Gasteiger partial charge < -0.3 is 20.9 Å². The average Bonchev–Trinajstić information content (AvgIpc) is 2.94. The molecule has 3 aromatic carbocycles. The van der Waals surface area contributed by atoms with Crippen molar-refractivity contribution in [3.63, 3.8) is 0 Å². The van der Waals surface area contributed by atoms with E-state index in [1.807, 2.05) is 30.3 Å². The maximum absolute atomic E-state index is 5.59. The van der Waals surface area contributed by atoms with Crippen molar-refractivity contribution in [1.82, 2.24) is 14.9 Å². The molecule has 0 spiro atoms. The van der Waals surface area contributed by atoms with Crippen LogP contribution in [0.3, 0.4) is 0 Å². The second kappa shape index (κ2) is 12.3. The summed E-state index contributed by atoms with van der Waals surface area (Å²) in [5.74, 6) is 0. The molecule has 6 nitrogen and oxygen atoms in total. The molecule has 0 radical (unpaired) electrons. The van der Waals surface area contributed by atoms with Gasteiger partial charge in [0.25, 0.3) is 0 Å². The number of nitrogens with one attached hydrogen (secondary N) is 2. The maximum Gasteiger partial charge on any atom is 0.0900 e. The van der Waals surface area contributed by atoms with Crippen molar-refractivity contribution < 1.29 is 0 Å². The van der Waals surface area contributed by atoms with E-state index >= 15 is 0 Å². The van der Waals surface area contributed by atoms with Crippen LogP contribution in [0.25, 0.3) is 28.1 Å². The van der Waals surface area contributed by atoms with Crippen molar-refractivity contribution in [1.29, 1.82) is 0 Å². The van der Waals surface area contributed by atoms with Gasteiger partial charge in [-0.1, -0.05) is 48.5 Å². The van der Waals surface area contributed by atoms with E-state index in [4.69, 9.17) is 15.7 Å². The smallest absolute Gasteiger partial charge is 0.0900 e. The highest BCUT2D eigenvalue weighted by Gasteiger charge is 2.16. The zero-order valence-electron chi connectivity index (χ0n) is 21.1. The Morgan fingerprint density at radius 1 is 0.784 bits per heavy atom. The standard InChI is InChI=1S/C31H34N6/c32-18-9-10-19-33-20-11-21-34-27-23-31-29(22-28(27)35-24-12-3-1-4-13-24)36-26-16-7-8-17-30(26)37(31)25-14-5-2-6-15-25/h1-8,12-17,22-23,33,35H,9-11,18-21,32H2/b34-27-. The number of aromatic nitrogens is 2. The third-order valence-corrected chi connectivity index (χ3v) is 6.37. The fourth-order valence-corrected chi connectivity index (χ4v) is 4.53. The van der Waals surface area contributed by atoms with Crippen LogP contribution in [0.5, 0.6) is 0 Å². The van der Waals surface area contributed by atoms with Crippen LogP contribution in [0, 0.1) is 0 Å². The SMILES string of the molecule is NCCCCNCCC/N=c1/cc2n(-c3ccccc3)c3ccccc3nc-2cc1Nc1ccccc1. The molecule has 0 bridgehead atoms. The van der Waals surface area contributed by atoms with Gasteiger partial charge in [0.1, 0.15) is 0 Å². The number of anilines is 2. The molecule has 0 atom stereocenters. The van der Waals surface area contributed by atoms with Gasteiger partial charge in [0.05, 0.1) is 33.5 Å². The first-order valence-electron chi connectivity index (χ1n) is 13.1. The van der Waals surface area contributed by atoms with Crippen LogP contribution in [0.4, 0.5) is 11.4 Å². The summed E-state index contributed by atoms with van der Waals surface area (Å²) in [6.07, 6.45) is 3.15. The molecule has 188 valence electrons. The fraction of sp³-hybridized carbons (Fsp3) is 0.226. The molecule has 4 N–H and O–H groups in total. The Balaban J connectivity index is 1.57. The van der Waals surface area contributed by atoms with Gasteiger partial charge in [-0.25, -0.2) is 4.98 Å². The molecule has 0 fully saturated rings. The summed E-state index contributed by atoms with van der Waals surface area (Å²) >= 11 is 0. The highest BCUT2D eigenvalue weighted by Crippen LogP contribution is 2.30. The molecule has 0 unspecified atom stereocenters. The topological polar surface area (TPSA) is 80.3 Å². The number of nitrogens with zero attached hydrogens (tertiary/aromatic N) is 3. The highest BCUT2D eigenvalue weighted by atomic mass is 15.0. The van der Waals surface area contributed by atoms with Gasteiger partial charge in [0, 0.05) is 17.9 Å². The van der Waals surface area contributed by atoms with E-state index in [1.54, 1.807) is 0 Å². The van der Waals surface area contributed by atoms with Crippen LogP contribution in [0.15, 0.2) is 102 Å². The molecule has 1 aliphatic heterocycles. The van der Waals surface area contributed by atoms with Crippen molar-refractivity contribution in [2.24, 2.45) is 10.7 Å². The summed E-state index contributed by atoms with van der Waals surface area (Å²) in [4.78, 5) is 10.1. The van der Waals surface area contributed by atoms with E-state index < -0.39 is 0 Å². The number of unbranched alkanes of at least 4 members (excludes halogenated alkanes) is 1. The third-order valence-electron chi connectivity index (χ3n) is 6.37. The van der Waals surface area contributed by atoms with Gasteiger partial charge in [0.2, 0.25) is 0 Å². The lowest BCUT2D eigenvalue weighted by Gasteiger charge is -2.20. The second-order valence-electron chi connectivity index (χ2n) is 9.10. The summed E-state index contributed by atoms with van der Waals surface area (Å²) in [6.45, 7) is 3.44. The van der Waals surface area contributed by atoms with Crippen LogP contribution in [0.1, 0.15) is 19.3 Å². The van der Waals surface area contributed by atoms with Crippen molar-refractivity contribution in [3.8, 4) is 17.1 Å². The van der Waals surface area contributed by atoms with Gasteiger partial charge in [-0.05, 0) is 87.4 Å². The molecule has 5 rings (SSSR count). The third kappa shape index (κ3) is 6.05. The first-order valence-corrected chi connectivity index (χ1v) is 13.1. The van der Waals surface area contributed by atoms with Gasteiger partial charge >= 0.3 is 0 Å². The quantitative estimate of drug-likeness (QED) is 0.169. The van der Waals surface area contributed by atoms with E-state index in [9.17, 15) is 0 Å². The number of para-hydroxylation sites is 4. The summed E-state index contributed by atoms with van der Waals surface area (Å²) in [5, 5.41) is 8.00. The first-order chi connectivity index (χ1) is 18.3. The summed E-state index contributed by atoms with van der Waals surface area (Å²) in [6, 6.07) is 33.3. The Hall–Kier alpha value is -4.00. The Bertz CT molecular complexity index is 1460. The van der Waals surface area contributed by atoms with Gasteiger partial charge in [0.15, 0.2) is 0 Å². The van der Waals surface area contributed by atoms with Crippen molar-refractivity contribution in [2.45, 2.75) is 19.3 Å². The molecule has 1 heterocycles. The van der Waals surface area contributed by atoms with E-state index in [0.29, 0.717) is 0 Å². The van der Waals surface area contributed by atoms with E-state index in [2.05, 4.69) is 81.9 Å². The Kier molecular flexibility index (Phi) is 8.21. The molecule has 3 aromatic rings. The largest absolute Gasteiger partial charge is 0.354 e. The van der Waals surface area contributed by atoms with Gasteiger partial charge in [-0.15, -0.1) is 0 Å². The number of hydrogen-bond donors (Lipinski definition) is 3. The Labute approximate surface area is 218 Å². The molecule has 37 heavy (non-hydrogen) atoms.